The van der Waals surface area contributed by atoms with E-state index in [0.29, 0.717) is 0 Å². The first kappa shape index (κ1) is 12.4. The monoisotopic (exact) mass is 232 g/mol. The van der Waals surface area contributed by atoms with Gasteiger partial charge in [-0.1, -0.05) is 17.7 Å². The van der Waals surface area contributed by atoms with Gasteiger partial charge in [-0.25, -0.2) is 0 Å². The van der Waals surface area contributed by atoms with Gasteiger partial charge in [0.25, 0.3) is 0 Å². The Labute approximate surface area is 105 Å². The van der Waals surface area contributed by atoms with Gasteiger partial charge in [0.1, 0.15) is 0 Å². The molecule has 1 N–H and O–H groups in total. The second-order valence-electron chi connectivity index (χ2n) is 5.74. The molecule has 1 unspecified atom stereocenters. The molecule has 2 nitrogen and oxygen atoms in total. The van der Waals surface area contributed by atoms with Crippen LogP contribution in [-0.4, -0.2) is 25.7 Å². The van der Waals surface area contributed by atoms with Crippen LogP contribution in [0.15, 0.2) is 18.2 Å². The maximum absolute atomic E-state index is 3.62. The van der Waals surface area contributed by atoms with E-state index in [1.165, 1.54) is 29.7 Å². The van der Waals surface area contributed by atoms with Crippen molar-refractivity contribution < 1.29 is 0 Å². The summed E-state index contributed by atoms with van der Waals surface area (Å²) in [4.78, 5) is 2.38. The second kappa shape index (κ2) is 4.69. The second-order valence-corrected chi connectivity index (χ2v) is 5.74. The van der Waals surface area contributed by atoms with Gasteiger partial charge in [-0.2, -0.15) is 0 Å². The summed E-state index contributed by atoms with van der Waals surface area (Å²) >= 11 is 0. The molecule has 1 aliphatic heterocycles. The van der Waals surface area contributed by atoms with E-state index in [1.54, 1.807) is 0 Å². The molecule has 1 saturated heterocycles. The third-order valence-corrected chi connectivity index (χ3v) is 3.81. The molecule has 1 atom stereocenters. The number of benzene rings is 1. The molecule has 0 aromatic heterocycles. The minimum absolute atomic E-state index is 0.284. The molecule has 2 rings (SSSR count). The lowest BCUT2D eigenvalue weighted by molar-refractivity contribution is 0.419. The number of hydrogen-bond donors (Lipinski definition) is 1. The highest BCUT2D eigenvalue weighted by atomic mass is 15.2. The van der Waals surface area contributed by atoms with Gasteiger partial charge in [0, 0.05) is 24.8 Å². The third kappa shape index (κ3) is 2.81. The Morgan fingerprint density at radius 1 is 1.35 bits per heavy atom. The van der Waals surface area contributed by atoms with Crippen LogP contribution >= 0.6 is 0 Å². The van der Waals surface area contributed by atoms with Crippen molar-refractivity contribution in [1.29, 1.82) is 0 Å². The Morgan fingerprint density at radius 3 is 2.71 bits per heavy atom. The highest BCUT2D eigenvalue weighted by Gasteiger charge is 2.29. The van der Waals surface area contributed by atoms with E-state index in [9.17, 15) is 0 Å². The molecule has 1 aliphatic rings. The van der Waals surface area contributed by atoms with Crippen molar-refractivity contribution in [3.05, 3.63) is 29.3 Å². The zero-order valence-electron chi connectivity index (χ0n) is 11.5. The van der Waals surface area contributed by atoms with Crippen LogP contribution in [0, 0.1) is 13.8 Å². The SMILES string of the molecule is Cc1ccc(N(C)CC2(C)CCCN2)c(C)c1. The Balaban J connectivity index is 2.11. The van der Waals surface area contributed by atoms with Crippen LogP contribution in [-0.2, 0) is 0 Å². The minimum atomic E-state index is 0.284. The molecule has 2 heteroatoms. The average molecular weight is 232 g/mol. The van der Waals surface area contributed by atoms with Gasteiger partial charge in [0.15, 0.2) is 0 Å². The molecule has 0 saturated carbocycles. The quantitative estimate of drug-likeness (QED) is 0.862. The van der Waals surface area contributed by atoms with Crippen LogP contribution in [0.1, 0.15) is 30.9 Å². The van der Waals surface area contributed by atoms with Crippen molar-refractivity contribution in [3.8, 4) is 0 Å². The van der Waals surface area contributed by atoms with Gasteiger partial charge in [-0.15, -0.1) is 0 Å². The fourth-order valence-electron chi connectivity index (χ4n) is 2.93. The molecule has 0 amide bonds. The third-order valence-electron chi connectivity index (χ3n) is 3.81. The van der Waals surface area contributed by atoms with Crippen molar-refractivity contribution in [3.63, 3.8) is 0 Å². The van der Waals surface area contributed by atoms with Crippen molar-refractivity contribution in [2.45, 2.75) is 39.2 Å². The average Bonchev–Trinajstić information content (AvgIpc) is 2.64. The molecule has 0 spiro atoms. The van der Waals surface area contributed by atoms with Gasteiger partial charge in [-0.3, -0.25) is 0 Å². The van der Waals surface area contributed by atoms with Crippen molar-refractivity contribution >= 4 is 5.69 Å². The topological polar surface area (TPSA) is 15.3 Å². The summed E-state index contributed by atoms with van der Waals surface area (Å²) in [5.41, 5.74) is 4.34. The lowest BCUT2D eigenvalue weighted by Gasteiger charge is -2.32. The number of nitrogens with zero attached hydrogens (tertiary/aromatic N) is 1. The fraction of sp³-hybridized carbons (Fsp3) is 0.600. The zero-order valence-corrected chi connectivity index (χ0v) is 11.5. The maximum atomic E-state index is 3.62. The molecular formula is C15H24N2. The first-order chi connectivity index (χ1) is 8.00. The van der Waals surface area contributed by atoms with E-state index in [-0.39, 0.29) is 5.54 Å². The first-order valence-corrected chi connectivity index (χ1v) is 6.54. The number of likely N-dealkylation sites (N-methyl/N-ethyl adjacent to an activating group) is 1. The van der Waals surface area contributed by atoms with Gasteiger partial charge in [0.2, 0.25) is 0 Å². The summed E-state index contributed by atoms with van der Waals surface area (Å²) in [6, 6.07) is 6.70. The van der Waals surface area contributed by atoms with Gasteiger partial charge >= 0.3 is 0 Å². The van der Waals surface area contributed by atoms with Crippen LogP contribution in [0.25, 0.3) is 0 Å². The lowest BCUT2D eigenvalue weighted by atomic mass is 9.99. The Hall–Kier alpha value is -1.02. The predicted molar refractivity (Wildman–Crippen MR) is 74.8 cm³/mol. The van der Waals surface area contributed by atoms with Crippen molar-refractivity contribution in [2.24, 2.45) is 0 Å². The highest BCUT2D eigenvalue weighted by molar-refractivity contribution is 5.54. The molecule has 1 heterocycles. The summed E-state index contributed by atoms with van der Waals surface area (Å²) in [7, 11) is 2.20. The standard InChI is InChI=1S/C15H24N2/c1-12-6-7-14(13(2)10-12)17(4)11-15(3)8-5-9-16-15/h6-7,10,16H,5,8-9,11H2,1-4H3. The van der Waals surface area contributed by atoms with E-state index < -0.39 is 0 Å². The summed E-state index contributed by atoms with van der Waals surface area (Å²) in [5, 5.41) is 3.62. The van der Waals surface area contributed by atoms with E-state index in [2.05, 4.69) is 56.2 Å². The number of aryl methyl sites for hydroxylation is 2. The fourth-order valence-corrected chi connectivity index (χ4v) is 2.93. The molecule has 1 aromatic rings. The molecule has 0 aliphatic carbocycles. The van der Waals surface area contributed by atoms with Gasteiger partial charge in [-0.05, 0) is 51.8 Å². The zero-order chi connectivity index (χ0) is 12.5. The highest BCUT2D eigenvalue weighted by Crippen LogP contribution is 2.25. The van der Waals surface area contributed by atoms with E-state index >= 15 is 0 Å². The Morgan fingerprint density at radius 2 is 2.12 bits per heavy atom. The largest absolute Gasteiger partial charge is 0.373 e. The Kier molecular flexibility index (Phi) is 3.43. The van der Waals surface area contributed by atoms with E-state index in [4.69, 9.17) is 0 Å². The van der Waals surface area contributed by atoms with Crippen molar-refractivity contribution in [1.82, 2.24) is 5.32 Å². The molecule has 1 aromatic carbocycles. The molecule has 0 bridgehead atoms. The van der Waals surface area contributed by atoms with Gasteiger partial charge in [0.05, 0.1) is 0 Å². The Bertz CT molecular complexity index is 392. The number of rotatable bonds is 3. The van der Waals surface area contributed by atoms with Crippen LogP contribution < -0.4 is 10.2 Å². The normalized spacial score (nSPS) is 24.0. The first-order valence-electron chi connectivity index (χ1n) is 6.54. The van der Waals surface area contributed by atoms with Crippen LogP contribution in [0.5, 0.6) is 0 Å². The smallest absolute Gasteiger partial charge is 0.0394 e. The van der Waals surface area contributed by atoms with Crippen LogP contribution in [0.4, 0.5) is 5.69 Å². The van der Waals surface area contributed by atoms with Crippen LogP contribution in [0.2, 0.25) is 0 Å². The molecule has 1 fully saturated rings. The summed E-state index contributed by atoms with van der Waals surface area (Å²) in [6.07, 6.45) is 2.58. The molecule has 0 radical (unpaired) electrons. The summed E-state index contributed by atoms with van der Waals surface area (Å²) < 4.78 is 0. The number of hydrogen-bond acceptors (Lipinski definition) is 2. The van der Waals surface area contributed by atoms with E-state index in [1.807, 2.05) is 0 Å². The molecule has 94 valence electrons. The van der Waals surface area contributed by atoms with E-state index in [0.717, 1.165) is 13.1 Å². The maximum Gasteiger partial charge on any atom is 0.0394 e. The molecular weight excluding hydrogens is 208 g/mol. The molecule has 17 heavy (non-hydrogen) atoms. The summed E-state index contributed by atoms with van der Waals surface area (Å²) in [6.45, 7) is 8.92. The lowest BCUT2D eigenvalue weighted by Crippen LogP contribution is -2.46. The van der Waals surface area contributed by atoms with Gasteiger partial charge < -0.3 is 10.2 Å². The predicted octanol–water partition coefficient (Wildman–Crippen LogP) is 2.88. The minimum Gasteiger partial charge on any atom is -0.373 e. The number of nitrogens with one attached hydrogen (secondary N) is 1. The van der Waals surface area contributed by atoms with Crippen LogP contribution in [0.3, 0.4) is 0 Å². The van der Waals surface area contributed by atoms with Crippen molar-refractivity contribution in [2.75, 3.05) is 25.0 Å². The summed E-state index contributed by atoms with van der Waals surface area (Å²) in [5.74, 6) is 0. The number of anilines is 1.